The van der Waals surface area contributed by atoms with Crippen LogP contribution in [0.5, 0.6) is 0 Å². The number of aromatic nitrogens is 4. The van der Waals surface area contributed by atoms with Crippen LogP contribution in [-0.2, 0) is 6.42 Å². The van der Waals surface area contributed by atoms with Crippen molar-refractivity contribution < 1.29 is 0 Å². The van der Waals surface area contributed by atoms with Crippen LogP contribution in [0.1, 0.15) is 26.5 Å². The molecule has 0 aliphatic rings. The smallest absolute Gasteiger partial charge is 0.178 e. The highest BCUT2D eigenvalue weighted by atomic mass is 32.1. The Balaban J connectivity index is 1.66. The fraction of sp³-hybridized carbons (Fsp3) is 0.278. The third kappa shape index (κ3) is 2.85. The number of anilines is 2. The molecule has 0 saturated carbocycles. The zero-order valence-electron chi connectivity index (χ0n) is 13.9. The number of nitrogens with zero attached hydrogens (tertiary/aromatic N) is 3. The topological polar surface area (TPSA) is 66.5 Å². The van der Waals surface area contributed by atoms with E-state index in [-0.39, 0.29) is 5.41 Å². The maximum absolute atomic E-state index is 4.65. The van der Waals surface area contributed by atoms with Crippen LogP contribution in [0.4, 0.5) is 11.5 Å². The zero-order valence-corrected chi connectivity index (χ0v) is 14.7. The van der Waals surface area contributed by atoms with Crippen molar-refractivity contribution in [2.24, 2.45) is 5.41 Å². The van der Waals surface area contributed by atoms with Crippen LogP contribution in [0.25, 0.3) is 21.1 Å². The second kappa shape index (κ2) is 5.56. The van der Waals surface area contributed by atoms with Crippen molar-refractivity contribution in [2.45, 2.75) is 27.2 Å². The van der Waals surface area contributed by atoms with Crippen LogP contribution in [-0.4, -0.2) is 19.6 Å². The molecule has 0 amide bonds. The summed E-state index contributed by atoms with van der Waals surface area (Å²) in [5.74, 6) is 0.740. The van der Waals surface area contributed by atoms with Crippen LogP contribution in [0.3, 0.4) is 0 Å². The fourth-order valence-corrected chi connectivity index (χ4v) is 3.61. The Labute approximate surface area is 144 Å². The van der Waals surface area contributed by atoms with Crippen LogP contribution < -0.4 is 5.32 Å². The second-order valence-corrected chi connectivity index (χ2v) is 7.98. The lowest BCUT2D eigenvalue weighted by molar-refractivity contribution is 0.409. The van der Waals surface area contributed by atoms with E-state index in [9.17, 15) is 0 Å². The van der Waals surface area contributed by atoms with Gasteiger partial charge in [0.15, 0.2) is 5.82 Å². The van der Waals surface area contributed by atoms with Gasteiger partial charge in [0.2, 0.25) is 0 Å². The summed E-state index contributed by atoms with van der Waals surface area (Å²) in [4.78, 5) is 4.38. The van der Waals surface area contributed by atoms with Crippen LogP contribution >= 0.6 is 11.5 Å². The molecule has 0 spiro atoms. The molecule has 4 rings (SSSR count). The van der Waals surface area contributed by atoms with Gasteiger partial charge >= 0.3 is 0 Å². The Bertz CT molecular complexity index is 1010. The molecule has 122 valence electrons. The van der Waals surface area contributed by atoms with E-state index < -0.39 is 0 Å². The summed E-state index contributed by atoms with van der Waals surface area (Å²) in [7, 11) is 0. The number of fused-ring (bicyclic) bond motifs is 2. The van der Waals surface area contributed by atoms with Gasteiger partial charge in [0.25, 0.3) is 0 Å². The number of hydrogen-bond donors (Lipinski definition) is 2. The Kier molecular flexibility index (Phi) is 3.49. The Hall–Kier alpha value is -2.47. The van der Waals surface area contributed by atoms with Gasteiger partial charge in [-0.1, -0.05) is 20.8 Å². The second-order valence-electron chi connectivity index (χ2n) is 7.17. The van der Waals surface area contributed by atoms with Gasteiger partial charge in [-0.3, -0.25) is 10.1 Å². The molecule has 0 fully saturated rings. The van der Waals surface area contributed by atoms with Crippen molar-refractivity contribution in [3.8, 4) is 0 Å². The van der Waals surface area contributed by atoms with Gasteiger partial charge < -0.3 is 5.32 Å². The Morgan fingerprint density at radius 1 is 1.21 bits per heavy atom. The third-order valence-corrected chi connectivity index (χ3v) is 4.67. The fourth-order valence-electron chi connectivity index (χ4n) is 2.77. The van der Waals surface area contributed by atoms with Gasteiger partial charge in [0.1, 0.15) is 5.52 Å². The Morgan fingerprint density at radius 2 is 2.08 bits per heavy atom. The third-order valence-electron chi connectivity index (χ3n) is 3.83. The molecule has 3 heterocycles. The van der Waals surface area contributed by atoms with E-state index in [1.54, 1.807) is 17.7 Å². The van der Waals surface area contributed by atoms with Gasteiger partial charge in [-0.2, -0.15) is 9.47 Å². The number of aromatic amines is 1. The molecule has 1 aromatic carbocycles. The molecule has 0 unspecified atom stereocenters. The van der Waals surface area contributed by atoms with Crippen molar-refractivity contribution in [3.63, 3.8) is 0 Å². The monoisotopic (exact) mass is 337 g/mol. The summed E-state index contributed by atoms with van der Waals surface area (Å²) >= 11 is 1.55. The predicted octanol–water partition coefficient (Wildman–Crippen LogP) is 4.90. The first kappa shape index (κ1) is 15.1. The summed E-state index contributed by atoms with van der Waals surface area (Å²) in [5, 5.41) is 11.9. The predicted molar refractivity (Wildman–Crippen MR) is 100.0 cm³/mol. The molecule has 0 bridgehead atoms. The molecule has 3 aromatic heterocycles. The van der Waals surface area contributed by atoms with Crippen LogP contribution in [0.2, 0.25) is 0 Å². The number of rotatable bonds is 3. The first-order chi connectivity index (χ1) is 11.5. The molecule has 0 aliphatic carbocycles. The minimum absolute atomic E-state index is 0.234. The summed E-state index contributed by atoms with van der Waals surface area (Å²) in [6, 6.07) is 10.2. The highest BCUT2D eigenvalue weighted by Gasteiger charge is 2.16. The van der Waals surface area contributed by atoms with Gasteiger partial charge in [0.05, 0.1) is 15.9 Å². The molecule has 24 heavy (non-hydrogen) atoms. The number of hydrogen-bond acceptors (Lipinski definition) is 5. The van der Waals surface area contributed by atoms with Crippen LogP contribution in [0.15, 0.2) is 36.5 Å². The van der Waals surface area contributed by atoms with Gasteiger partial charge in [0, 0.05) is 17.3 Å². The lowest BCUT2D eigenvalue weighted by Crippen LogP contribution is -2.09. The highest BCUT2D eigenvalue weighted by Crippen LogP contribution is 2.31. The zero-order chi connectivity index (χ0) is 16.7. The molecule has 6 heteroatoms. The van der Waals surface area contributed by atoms with Gasteiger partial charge in [-0.05, 0) is 53.7 Å². The molecule has 0 saturated heterocycles. The summed E-state index contributed by atoms with van der Waals surface area (Å²) in [6.07, 6.45) is 2.75. The molecule has 0 radical (unpaired) electrons. The molecule has 5 nitrogen and oxygen atoms in total. The van der Waals surface area contributed by atoms with E-state index in [0.29, 0.717) is 0 Å². The van der Waals surface area contributed by atoms with E-state index in [0.717, 1.165) is 29.0 Å². The van der Waals surface area contributed by atoms with E-state index >= 15 is 0 Å². The molecule has 0 atom stereocenters. The summed E-state index contributed by atoms with van der Waals surface area (Å²) < 4.78 is 5.84. The van der Waals surface area contributed by atoms with E-state index in [2.05, 4.69) is 63.8 Å². The summed E-state index contributed by atoms with van der Waals surface area (Å²) in [5.41, 5.74) is 4.17. The normalized spacial score (nSPS) is 12.1. The van der Waals surface area contributed by atoms with Crippen molar-refractivity contribution >= 4 is 44.2 Å². The minimum Gasteiger partial charge on any atom is -0.337 e. The molecular weight excluding hydrogens is 318 g/mol. The van der Waals surface area contributed by atoms with E-state index in [1.807, 2.05) is 12.1 Å². The van der Waals surface area contributed by atoms with Crippen molar-refractivity contribution in [3.05, 3.63) is 42.2 Å². The van der Waals surface area contributed by atoms with E-state index in [4.69, 9.17) is 0 Å². The number of H-pyrrole nitrogens is 1. The first-order valence-electron chi connectivity index (χ1n) is 7.94. The number of benzene rings is 1. The number of nitrogens with one attached hydrogen (secondary N) is 2. The molecule has 0 aliphatic heterocycles. The lowest BCUT2D eigenvalue weighted by Gasteiger charge is -2.16. The average molecular weight is 337 g/mol. The van der Waals surface area contributed by atoms with E-state index in [1.165, 1.54) is 15.8 Å². The lowest BCUT2D eigenvalue weighted by atomic mass is 9.89. The Morgan fingerprint density at radius 3 is 2.92 bits per heavy atom. The minimum atomic E-state index is 0.234. The number of pyridine rings is 1. The molecule has 4 aromatic rings. The molecule has 2 N–H and O–H groups in total. The largest absolute Gasteiger partial charge is 0.337 e. The maximum Gasteiger partial charge on any atom is 0.178 e. The van der Waals surface area contributed by atoms with Gasteiger partial charge in [-0.15, -0.1) is 0 Å². The summed E-state index contributed by atoms with van der Waals surface area (Å²) in [6.45, 7) is 6.72. The highest BCUT2D eigenvalue weighted by molar-refractivity contribution is 7.13. The van der Waals surface area contributed by atoms with Gasteiger partial charge in [-0.25, -0.2) is 0 Å². The van der Waals surface area contributed by atoms with Crippen LogP contribution in [0, 0.1) is 5.41 Å². The quantitative estimate of drug-likeness (QED) is 0.558. The van der Waals surface area contributed by atoms with Crippen molar-refractivity contribution in [1.29, 1.82) is 0 Å². The molecular formula is C18H19N5S. The SMILES string of the molecule is CC(C)(C)Cc1nsc2cc(Nc3n[nH]c4cccnc34)ccc12. The van der Waals surface area contributed by atoms with Crippen molar-refractivity contribution in [2.75, 3.05) is 5.32 Å². The maximum atomic E-state index is 4.65. The average Bonchev–Trinajstić information content (AvgIpc) is 3.11. The first-order valence-corrected chi connectivity index (χ1v) is 8.71. The van der Waals surface area contributed by atoms with Crippen molar-refractivity contribution in [1.82, 2.24) is 19.6 Å². The standard InChI is InChI=1S/C18H19N5S/c1-18(2,3)10-14-12-7-6-11(9-15(12)24-23-14)20-17-16-13(21-22-17)5-4-8-19-16/h4-9H,10H2,1-3H3,(H2,20,21,22).